The molecule has 0 atom stereocenters. The van der Waals surface area contributed by atoms with Gasteiger partial charge in [-0.2, -0.15) is 0 Å². The summed E-state index contributed by atoms with van der Waals surface area (Å²) in [6, 6.07) is 1.78. The van der Waals surface area contributed by atoms with Gasteiger partial charge in [0.05, 0.1) is 34.7 Å². The second kappa shape index (κ2) is 5.97. The van der Waals surface area contributed by atoms with Crippen molar-refractivity contribution in [2.24, 2.45) is 0 Å². The highest BCUT2D eigenvalue weighted by Crippen LogP contribution is 2.40. The molecule has 0 amide bonds. The summed E-state index contributed by atoms with van der Waals surface area (Å²) in [7, 11) is 1.50. The van der Waals surface area contributed by atoms with Crippen molar-refractivity contribution < 1.29 is 19.1 Å². The van der Waals surface area contributed by atoms with Crippen LogP contribution in [0.25, 0.3) is 10.9 Å². The molecule has 1 aromatic carbocycles. The second-order valence-corrected chi connectivity index (χ2v) is 5.58. The Bertz CT molecular complexity index is 693. The zero-order valence-electron chi connectivity index (χ0n) is 10.8. The van der Waals surface area contributed by atoms with Crippen molar-refractivity contribution in [3.8, 4) is 5.75 Å². The number of ether oxygens (including phenoxy) is 2. The molecule has 5 nitrogen and oxygen atoms in total. The molecule has 0 aliphatic carbocycles. The Labute approximate surface area is 131 Å². The Kier molecular flexibility index (Phi) is 4.49. The van der Waals surface area contributed by atoms with Crippen LogP contribution in [0.2, 0.25) is 0 Å². The van der Waals surface area contributed by atoms with Gasteiger partial charge in [0.1, 0.15) is 11.4 Å². The molecular formula is C13H11Br2NO4. The number of esters is 1. The highest BCUT2D eigenvalue weighted by atomic mass is 79.9. The largest absolute Gasteiger partial charge is 0.495 e. The Morgan fingerprint density at radius 2 is 2.10 bits per heavy atom. The number of benzene rings is 1. The number of methoxy groups -OCH3 is 1. The Balaban J connectivity index is 2.84. The lowest BCUT2D eigenvalue weighted by atomic mass is 10.1. The topological polar surface area (TPSA) is 68.4 Å². The molecule has 0 bridgehead atoms. The number of carbonyl (C=O) groups is 2. The van der Waals surface area contributed by atoms with Crippen LogP contribution in [0, 0.1) is 0 Å². The Morgan fingerprint density at radius 3 is 2.65 bits per heavy atom. The minimum absolute atomic E-state index is 0.119. The van der Waals surface area contributed by atoms with Crippen molar-refractivity contribution in [3.63, 3.8) is 0 Å². The van der Waals surface area contributed by atoms with Crippen molar-refractivity contribution >= 4 is 55.0 Å². The summed E-state index contributed by atoms with van der Waals surface area (Å²) in [5, 5.41) is 0.534. The predicted molar refractivity (Wildman–Crippen MR) is 81.6 cm³/mol. The van der Waals surface area contributed by atoms with Gasteiger partial charge in [-0.15, -0.1) is 0 Å². The van der Waals surface area contributed by atoms with Gasteiger partial charge in [0.15, 0.2) is 6.29 Å². The maximum absolute atomic E-state index is 11.9. The second-order valence-electron chi connectivity index (χ2n) is 3.88. The number of carbonyl (C=O) groups excluding carboxylic acids is 2. The third-order valence-electron chi connectivity index (χ3n) is 2.78. The summed E-state index contributed by atoms with van der Waals surface area (Å²) >= 11 is 6.76. The monoisotopic (exact) mass is 403 g/mol. The van der Waals surface area contributed by atoms with Gasteiger partial charge in [-0.05, 0) is 44.8 Å². The van der Waals surface area contributed by atoms with E-state index >= 15 is 0 Å². The van der Waals surface area contributed by atoms with Gasteiger partial charge in [0, 0.05) is 4.47 Å². The van der Waals surface area contributed by atoms with E-state index in [1.54, 1.807) is 13.0 Å². The molecule has 0 aliphatic heterocycles. The lowest BCUT2D eigenvalue weighted by Gasteiger charge is -2.06. The molecule has 106 valence electrons. The lowest BCUT2D eigenvalue weighted by Crippen LogP contribution is -2.07. The number of H-pyrrole nitrogens is 1. The van der Waals surface area contributed by atoms with Crippen molar-refractivity contribution in [1.82, 2.24) is 4.98 Å². The van der Waals surface area contributed by atoms with Crippen LogP contribution in [0.5, 0.6) is 5.75 Å². The SMILES string of the molecule is CCOC(=O)c1[nH]c2c(Br)cc(Br)c(OC)c2c1C=O. The number of halogens is 2. The third kappa shape index (κ3) is 2.35. The summed E-state index contributed by atoms with van der Waals surface area (Å²) in [5.41, 5.74) is 0.946. The number of nitrogens with one attached hydrogen (secondary N) is 1. The smallest absolute Gasteiger partial charge is 0.355 e. The van der Waals surface area contributed by atoms with Crippen molar-refractivity contribution in [2.75, 3.05) is 13.7 Å². The van der Waals surface area contributed by atoms with Gasteiger partial charge in [0.2, 0.25) is 0 Å². The molecule has 1 aromatic heterocycles. The molecule has 0 unspecified atom stereocenters. The lowest BCUT2D eigenvalue weighted by molar-refractivity contribution is 0.0518. The first-order chi connectivity index (χ1) is 9.54. The molecule has 0 saturated heterocycles. The number of fused-ring (bicyclic) bond motifs is 1. The van der Waals surface area contributed by atoms with E-state index < -0.39 is 5.97 Å². The first-order valence-corrected chi connectivity index (χ1v) is 7.33. The van der Waals surface area contributed by atoms with Crippen LogP contribution in [0.15, 0.2) is 15.0 Å². The molecule has 0 radical (unpaired) electrons. The molecule has 2 rings (SSSR count). The molecule has 20 heavy (non-hydrogen) atoms. The minimum atomic E-state index is -0.573. The third-order valence-corrected chi connectivity index (χ3v) is 3.99. The molecule has 2 aromatic rings. The van der Waals surface area contributed by atoms with Crippen molar-refractivity contribution in [3.05, 3.63) is 26.3 Å². The number of hydrogen-bond acceptors (Lipinski definition) is 4. The van der Waals surface area contributed by atoms with Crippen LogP contribution in [0.3, 0.4) is 0 Å². The van der Waals surface area contributed by atoms with Crippen LogP contribution < -0.4 is 4.74 Å². The number of hydrogen-bond donors (Lipinski definition) is 1. The molecular weight excluding hydrogens is 394 g/mol. The number of aldehydes is 1. The summed E-state index contributed by atoms with van der Waals surface area (Å²) in [4.78, 5) is 26.2. The number of rotatable bonds is 4. The maximum Gasteiger partial charge on any atom is 0.355 e. The fourth-order valence-corrected chi connectivity index (χ4v) is 3.40. The number of aromatic nitrogens is 1. The fourth-order valence-electron chi connectivity index (χ4n) is 1.98. The van der Waals surface area contributed by atoms with E-state index in [-0.39, 0.29) is 17.9 Å². The van der Waals surface area contributed by atoms with Crippen LogP contribution in [-0.2, 0) is 4.74 Å². The molecule has 7 heteroatoms. The quantitative estimate of drug-likeness (QED) is 0.623. The molecule has 1 N–H and O–H groups in total. The van der Waals surface area contributed by atoms with Gasteiger partial charge >= 0.3 is 5.97 Å². The van der Waals surface area contributed by atoms with E-state index in [0.717, 1.165) is 0 Å². The first kappa shape index (κ1) is 15.1. The van der Waals surface area contributed by atoms with Crippen LogP contribution in [0.4, 0.5) is 0 Å². The summed E-state index contributed by atoms with van der Waals surface area (Å²) in [5.74, 6) is -0.0898. The Hall–Kier alpha value is -1.34. The minimum Gasteiger partial charge on any atom is -0.495 e. The average Bonchev–Trinajstić information content (AvgIpc) is 2.79. The zero-order valence-corrected chi connectivity index (χ0v) is 13.9. The van der Waals surface area contributed by atoms with E-state index in [0.29, 0.717) is 31.9 Å². The van der Waals surface area contributed by atoms with Crippen molar-refractivity contribution in [2.45, 2.75) is 6.92 Å². The Morgan fingerprint density at radius 1 is 1.40 bits per heavy atom. The van der Waals surface area contributed by atoms with Gasteiger partial charge in [0.25, 0.3) is 0 Å². The fraction of sp³-hybridized carbons (Fsp3) is 0.231. The highest BCUT2D eigenvalue weighted by Gasteiger charge is 2.23. The standard InChI is InChI=1S/C13H11Br2NO4/c1-3-20-13(18)10-6(5-17)9-11(16-10)7(14)4-8(15)12(9)19-2/h4-5,16H,3H2,1-2H3. The van der Waals surface area contributed by atoms with Crippen molar-refractivity contribution in [1.29, 1.82) is 0 Å². The molecule has 0 aliphatic rings. The van der Waals surface area contributed by atoms with Gasteiger partial charge < -0.3 is 14.5 Å². The summed E-state index contributed by atoms with van der Waals surface area (Å²) in [6.45, 7) is 1.93. The average molecular weight is 405 g/mol. The normalized spacial score (nSPS) is 10.6. The predicted octanol–water partition coefficient (Wildman–Crippen LogP) is 3.69. The van der Waals surface area contributed by atoms with E-state index in [1.165, 1.54) is 7.11 Å². The van der Waals surface area contributed by atoms with E-state index in [1.807, 2.05) is 0 Å². The van der Waals surface area contributed by atoms with Gasteiger partial charge in [-0.1, -0.05) is 0 Å². The van der Waals surface area contributed by atoms with Gasteiger partial charge in [-0.25, -0.2) is 4.79 Å². The highest BCUT2D eigenvalue weighted by molar-refractivity contribution is 9.11. The molecule has 0 fully saturated rings. The summed E-state index contributed by atoms with van der Waals surface area (Å²) < 4.78 is 11.6. The first-order valence-electron chi connectivity index (χ1n) is 5.75. The number of aromatic amines is 1. The van der Waals surface area contributed by atoms with Crippen LogP contribution in [0.1, 0.15) is 27.8 Å². The van der Waals surface area contributed by atoms with Gasteiger partial charge in [-0.3, -0.25) is 4.79 Å². The van der Waals surface area contributed by atoms with E-state index in [2.05, 4.69) is 36.8 Å². The maximum atomic E-state index is 11.9. The summed E-state index contributed by atoms with van der Waals surface area (Å²) in [6.07, 6.45) is 0.618. The molecule has 1 heterocycles. The van der Waals surface area contributed by atoms with Crippen LogP contribution in [-0.4, -0.2) is 31.0 Å². The van der Waals surface area contributed by atoms with E-state index in [9.17, 15) is 9.59 Å². The molecule has 0 saturated carbocycles. The zero-order chi connectivity index (χ0) is 14.9. The van der Waals surface area contributed by atoms with Crippen LogP contribution >= 0.6 is 31.9 Å². The molecule has 0 spiro atoms. The van der Waals surface area contributed by atoms with E-state index in [4.69, 9.17) is 9.47 Å².